The van der Waals surface area contributed by atoms with Gasteiger partial charge in [-0.1, -0.05) is 19.9 Å². The molecule has 0 radical (unpaired) electrons. The van der Waals surface area contributed by atoms with Gasteiger partial charge in [-0.15, -0.1) is 11.8 Å². The maximum atomic E-state index is 6.33. The van der Waals surface area contributed by atoms with Gasteiger partial charge in [-0.25, -0.2) is 0 Å². The molecule has 0 heterocycles. The van der Waals surface area contributed by atoms with Crippen LogP contribution < -0.4 is 10.5 Å². The molecule has 0 saturated heterocycles. The Morgan fingerprint density at radius 1 is 1.28 bits per heavy atom. The van der Waals surface area contributed by atoms with Gasteiger partial charge in [0.25, 0.3) is 0 Å². The molecule has 1 saturated carbocycles. The molecule has 100 valence electrons. The van der Waals surface area contributed by atoms with Crippen molar-refractivity contribution in [2.24, 2.45) is 17.6 Å². The number of rotatable bonds is 3. The van der Waals surface area contributed by atoms with E-state index < -0.39 is 0 Å². The lowest BCUT2D eigenvalue weighted by Gasteiger charge is -2.37. The van der Waals surface area contributed by atoms with Crippen molar-refractivity contribution < 1.29 is 4.74 Å². The Hall–Kier alpha value is -0.670. The second kappa shape index (κ2) is 5.98. The molecule has 18 heavy (non-hydrogen) atoms. The molecular weight excluding hydrogens is 242 g/mol. The molecule has 0 aliphatic heterocycles. The molecule has 0 spiro atoms. The lowest BCUT2D eigenvalue weighted by Crippen LogP contribution is -2.42. The summed E-state index contributed by atoms with van der Waals surface area (Å²) in [5.41, 5.74) is 6.33. The summed E-state index contributed by atoms with van der Waals surface area (Å²) >= 11 is 1.91. The predicted octanol–water partition coefficient (Wildman–Crippen LogP) is 3.55. The molecule has 4 atom stereocenters. The zero-order valence-electron chi connectivity index (χ0n) is 11.4. The van der Waals surface area contributed by atoms with E-state index in [0.29, 0.717) is 17.2 Å². The highest BCUT2D eigenvalue weighted by molar-refractivity contribution is 8.00. The van der Waals surface area contributed by atoms with Crippen molar-refractivity contribution in [2.45, 2.75) is 42.9 Å². The molecule has 2 N–H and O–H groups in total. The number of hydrogen-bond acceptors (Lipinski definition) is 3. The van der Waals surface area contributed by atoms with Gasteiger partial charge in [-0.2, -0.15) is 0 Å². The van der Waals surface area contributed by atoms with E-state index in [1.54, 1.807) is 7.11 Å². The standard InChI is InChI=1S/C15H23NOS/c1-10-7-11(2)15(14(16)8-10)18-13-6-4-5-12(9-13)17-3/h4-6,9-11,14-15H,7-8,16H2,1-3H3. The zero-order valence-corrected chi connectivity index (χ0v) is 12.2. The zero-order chi connectivity index (χ0) is 13.1. The maximum absolute atomic E-state index is 6.33. The van der Waals surface area contributed by atoms with E-state index in [0.717, 1.165) is 18.1 Å². The fourth-order valence-corrected chi connectivity index (χ4v) is 4.21. The highest BCUT2D eigenvalue weighted by Crippen LogP contribution is 2.39. The minimum Gasteiger partial charge on any atom is -0.497 e. The normalized spacial score (nSPS) is 32.2. The molecule has 0 bridgehead atoms. The Balaban J connectivity index is 2.07. The first kappa shape index (κ1) is 13.8. The lowest BCUT2D eigenvalue weighted by atomic mass is 9.80. The SMILES string of the molecule is COc1cccc(SC2C(C)CC(C)CC2N)c1. The van der Waals surface area contributed by atoms with Crippen LogP contribution in [0.15, 0.2) is 29.2 Å². The van der Waals surface area contributed by atoms with Gasteiger partial charge < -0.3 is 10.5 Å². The molecule has 1 aromatic carbocycles. The molecule has 1 fully saturated rings. The van der Waals surface area contributed by atoms with Crippen molar-refractivity contribution in [3.8, 4) is 5.75 Å². The summed E-state index contributed by atoms with van der Waals surface area (Å²) in [6, 6.07) is 8.58. The number of benzene rings is 1. The summed E-state index contributed by atoms with van der Waals surface area (Å²) in [6.45, 7) is 4.64. The van der Waals surface area contributed by atoms with Crippen LogP contribution in [0, 0.1) is 11.8 Å². The third-order valence-corrected chi connectivity index (χ3v) is 5.36. The number of nitrogens with two attached hydrogens (primary N) is 1. The topological polar surface area (TPSA) is 35.2 Å². The van der Waals surface area contributed by atoms with Crippen molar-refractivity contribution in [3.05, 3.63) is 24.3 Å². The second-order valence-electron chi connectivity index (χ2n) is 5.48. The van der Waals surface area contributed by atoms with E-state index >= 15 is 0 Å². The largest absolute Gasteiger partial charge is 0.497 e. The van der Waals surface area contributed by atoms with E-state index in [-0.39, 0.29) is 0 Å². The number of methoxy groups -OCH3 is 1. The van der Waals surface area contributed by atoms with E-state index in [2.05, 4.69) is 26.0 Å². The molecule has 2 nitrogen and oxygen atoms in total. The molecule has 0 aromatic heterocycles. The monoisotopic (exact) mass is 265 g/mol. The summed E-state index contributed by atoms with van der Waals surface area (Å²) in [7, 11) is 1.71. The second-order valence-corrected chi connectivity index (χ2v) is 6.73. The third-order valence-electron chi connectivity index (χ3n) is 3.74. The average molecular weight is 265 g/mol. The lowest BCUT2D eigenvalue weighted by molar-refractivity contribution is 0.279. The summed E-state index contributed by atoms with van der Waals surface area (Å²) in [5.74, 6) is 2.36. The Kier molecular flexibility index (Phi) is 4.57. The van der Waals surface area contributed by atoms with Crippen molar-refractivity contribution in [1.82, 2.24) is 0 Å². The quantitative estimate of drug-likeness (QED) is 0.907. The number of hydrogen-bond donors (Lipinski definition) is 1. The number of thioether (sulfide) groups is 1. The predicted molar refractivity (Wildman–Crippen MR) is 78.2 cm³/mol. The van der Waals surface area contributed by atoms with E-state index in [1.165, 1.54) is 11.3 Å². The van der Waals surface area contributed by atoms with Gasteiger partial charge in [0.2, 0.25) is 0 Å². The molecular formula is C15H23NOS. The first-order valence-corrected chi connectivity index (χ1v) is 7.54. The smallest absolute Gasteiger partial charge is 0.119 e. The maximum Gasteiger partial charge on any atom is 0.119 e. The van der Waals surface area contributed by atoms with Crippen LogP contribution in [-0.2, 0) is 0 Å². The van der Waals surface area contributed by atoms with Crippen molar-refractivity contribution in [3.63, 3.8) is 0 Å². The average Bonchev–Trinajstić information content (AvgIpc) is 2.34. The van der Waals surface area contributed by atoms with E-state index in [1.807, 2.05) is 23.9 Å². The van der Waals surface area contributed by atoms with E-state index in [9.17, 15) is 0 Å². The van der Waals surface area contributed by atoms with Crippen LogP contribution in [0.4, 0.5) is 0 Å². The third kappa shape index (κ3) is 3.21. The summed E-state index contributed by atoms with van der Waals surface area (Å²) in [4.78, 5) is 1.26. The Morgan fingerprint density at radius 3 is 2.72 bits per heavy atom. The fraction of sp³-hybridized carbons (Fsp3) is 0.600. The molecule has 0 amide bonds. The molecule has 3 heteroatoms. The van der Waals surface area contributed by atoms with Crippen molar-refractivity contribution in [2.75, 3.05) is 7.11 Å². The van der Waals surface area contributed by atoms with Gasteiger partial charge in [0.1, 0.15) is 5.75 Å². The molecule has 1 aliphatic carbocycles. The van der Waals surface area contributed by atoms with Crippen molar-refractivity contribution in [1.29, 1.82) is 0 Å². The molecule has 1 aromatic rings. The summed E-state index contributed by atoms with van der Waals surface area (Å²) in [6.07, 6.45) is 2.43. The first-order valence-electron chi connectivity index (χ1n) is 6.66. The number of ether oxygens (including phenoxy) is 1. The molecule has 4 unspecified atom stereocenters. The van der Waals surface area contributed by atoms with Crippen LogP contribution in [0.25, 0.3) is 0 Å². The minimum atomic E-state index is 0.306. The van der Waals surface area contributed by atoms with Gasteiger partial charge in [-0.05, 0) is 42.9 Å². The van der Waals surface area contributed by atoms with E-state index in [4.69, 9.17) is 10.5 Å². The Labute approximate surface area is 114 Å². The fourth-order valence-electron chi connectivity index (χ4n) is 2.92. The Bertz CT molecular complexity index is 384. The van der Waals surface area contributed by atoms with Crippen LogP contribution >= 0.6 is 11.8 Å². The Morgan fingerprint density at radius 2 is 2.06 bits per heavy atom. The van der Waals surface area contributed by atoms with Gasteiger partial charge in [0.15, 0.2) is 0 Å². The highest BCUT2D eigenvalue weighted by Gasteiger charge is 2.32. The van der Waals surface area contributed by atoms with Gasteiger partial charge in [0, 0.05) is 16.2 Å². The first-order chi connectivity index (χ1) is 8.60. The molecule has 1 aliphatic rings. The summed E-state index contributed by atoms with van der Waals surface area (Å²) in [5, 5.41) is 0.522. The van der Waals surface area contributed by atoms with Gasteiger partial charge >= 0.3 is 0 Å². The minimum absolute atomic E-state index is 0.306. The summed E-state index contributed by atoms with van der Waals surface area (Å²) < 4.78 is 5.27. The highest BCUT2D eigenvalue weighted by atomic mass is 32.2. The van der Waals surface area contributed by atoms with Crippen molar-refractivity contribution >= 4 is 11.8 Å². The van der Waals surface area contributed by atoms with Gasteiger partial charge in [0.05, 0.1) is 7.11 Å². The van der Waals surface area contributed by atoms with Crippen LogP contribution in [-0.4, -0.2) is 18.4 Å². The van der Waals surface area contributed by atoms with Crippen LogP contribution in [0.3, 0.4) is 0 Å². The molecule has 2 rings (SSSR count). The van der Waals surface area contributed by atoms with Crippen LogP contribution in [0.2, 0.25) is 0 Å². The van der Waals surface area contributed by atoms with Crippen LogP contribution in [0.1, 0.15) is 26.7 Å². The van der Waals surface area contributed by atoms with Gasteiger partial charge in [-0.3, -0.25) is 0 Å². The van der Waals surface area contributed by atoms with Crippen LogP contribution in [0.5, 0.6) is 5.75 Å².